The molecule has 1 aromatic heterocycles. The molecule has 0 radical (unpaired) electrons. The number of hydrogen-bond acceptors (Lipinski definition) is 5. The van der Waals surface area contributed by atoms with Crippen molar-refractivity contribution in [2.45, 2.75) is 6.42 Å². The number of aromatic nitrogens is 1. The van der Waals surface area contributed by atoms with Gasteiger partial charge in [-0.25, -0.2) is 0 Å². The molecule has 0 unspecified atom stereocenters. The zero-order chi connectivity index (χ0) is 48.7. The molecule has 0 fully saturated rings. The van der Waals surface area contributed by atoms with Gasteiger partial charge in [-0.2, -0.15) is 0 Å². The van der Waals surface area contributed by atoms with Crippen LogP contribution in [0.4, 0.5) is 51.2 Å². The van der Waals surface area contributed by atoms with Crippen molar-refractivity contribution in [2.24, 2.45) is 0 Å². The lowest BCUT2D eigenvalue weighted by Crippen LogP contribution is -2.17. The Morgan fingerprint density at radius 1 is 0.306 bits per heavy atom. The molecule has 5 heteroatoms. The number of pyridine rings is 1. The van der Waals surface area contributed by atoms with E-state index in [-0.39, 0.29) is 0 Å². The summed E-state index contributed by atoms with van der Waals surface area (Å²) in [6.07, 6.45) is 11.7. The van der Waals surface area contributed by atoms with Gasteiger partial charge in [0.15, 0.2) is 0 Å². The first-order valence-corrected chi connectivity index (χ1v) is 24.4. The molecule has 0 aliphatic heterocycles. The maximum Gasteiger partial charge on any atom is 0.0488 e. The lowest BCUT2D eigenvalue weighted by Gasteiger charge is -2.30. The van der Waals surface area contributed by atoms with Crippen LogP contribution in [0.15, 0.2) is 315 Å². The minimum atomic E-state index is 0.721. The third-order valence-electron chi connectivity index (χ3n) is 12.6. The van der Waals surface area contributed by atoms with Gasteiger partial charge in [0.05, 0.1) is 0 Å². The van der Waals surface area contributed by atoms with E-state index in [0.717, 1.165) is 85.6 Å². The highest BCUT2D eigenvalue weighted by molar-refractivity contribution is 5.89. The van der Waals surface area contributed by atoms with Gasteiger partial charge < -0.3 is 19.6 Å². The molecule has 1 aliphatic carbocycles. The number of allylic oxidation sites excluding steroid dienone is 4. The van der Waals surface area contributed by atoms with E-state index in [4.69, 9.17) is 4.98 Å². The molecule has 1 aliphatic rings. The van der Waals surface area contributed by atoms with Crippen LogP contribution in [0.3, 0.4) is 0 Å². The van der Waals surface area contributed by atoms with E-state index in [1.807, 2.05) is 48.8 Å². The highest BCUT2D eigenvalue weighted by atomic mass is 15.2. The summed E-state index contributed by atoms with van der Waals surface area (Å²) in [6, 6.07) is 95.4. The second-order valence-electron chi connectivity index (χ2n) is 17.3. The minimum absolute atomic E-state index is 0.721. The third-order valence-corrected chi connectivity index (χ3v) is 12.6. The largest absolute Gasteiger partial charge is 0.348 e. The Hall–Kier alpha value is -9.45. The van der Waals surface area contributed by atoms with Gasteiger partial charge in [0.2, 0.25) is 0 Å². The molecule has 348 valence electrons. The highest BCUT2D eigenvalue weighted by Gasteiger charge is 2.22. The topological polar surface area (TPSA) is 25.9 Å². The highest BCUT2D eigenvalue weighted by Crippen LogP contribution is 2.44. The normalized spacial score (nSPS) is 11.9. The van der Waals surface area contributed by atoms with Crippen molar-refractivity contribution in [1.29, 1.82) is 0 Å². The van der Waals surface area contributed by atoms with Crippen molar-refractivity contribution < 1.29 is 0 Å². The molecule has 0 amide bonds. The summed E-state index contributed by atoms with van der Waals surface area (Å²) in [5.74, 6) is 0. The SMILES string of the molecule is CN(C1=CC(c2cncc(-c3cc(N(c4ccccc4)c4ccccc4)cc(N(c4ccccc4)c4ccccc4)c3)c2)=CC(N(c2ccccc2)c2ccccc2)=CC1)c1ccccc1.c1ccccc1. The molecule has 0 atom stereocenters. The Labute approximate surface area is 424 Å². The second kappa shape index (κ2) is 22.8. The van der Waals surface area contributed by atoms with Gasteiger partial charge in [0, 0.05) is 99.6 Å². The van der Waals surface area contributed by atoms with Crippen molar-refractivity contribution in [1.82, 2.24) is 4.98 Å². The summed E-state index contributed by atoms with van der Waals surface area (Å²) >= 11 is 0. The van der Waals surface area contributed by atoms with E-state index in [9.17, 15) is 0 Å². The number of benzene rings is 9. The van der Waals surface area contributed by atoms with Crippen molar-refractivity contribution in [2.75, 3.05) is 26.6 Å². The fraction of sp³-hybridized carbons (Fsp3) is 0.0299. The van der Waals surface area contributed by atoms with E-state index >= 15 is 0 Å². The number of hydrogen-bond donors (Lipinski definition) is 0. The van der Waals surface area contributed by atoms with Gasteiger partial charge in [0.1, 0.15) is 0 Å². The third kappa shape index (κ3) is 11.0. The molecule has 1 heterocycles. The summed E-state index contributed by atoms with van der Waals surface area (Å²) in [6.45, 7) is 0. The molecule has 11 rings (SSSR count). The van der Waals surface area contributed by atoms with Crippen molar-refractivity contribution >= 4 is 56.8 Å². The number of anilines is 9. The molecule has 0 saturated heterocycles. The van der Waals surface area contributed by atoms with E-state index in [0.29, 0.717) is 0 Å². The quantitative estimate of drug-likeness (QED) is 0.115. The van der Waals surface area contributed by atoms with Crippen LogP contribution in [-0.2, 0) is 0 Å². The molecular formula is C67H55N5. The monoisotopic (exact) mass is 929 g/mol. The Bertz CT molecular complexity index is 3120. The van der Waals surface area contributed by atoms with Gasteiger partial charge in [-0.1, -0.05) is 170 Å². The standard InChI is InChI=1S/C61H49N5.C6H6/c1-63(51-23-9-2-10-24-51)58-37-38-59(64(52-25-11-3-12-26-52)53-27-13-4-14-28-53)41-47(40-58)49-39-50(46-62-45-49)48-42-60(65(54-29-15-5-16-30-54)55-31-17-6-18-32-55)44-61(43-48)66(56-33-19-7-20-34-56)57-35-21-8-22-36-57;1-2-4-6-5-3-1/h2-36,38-46H,37H2,1H3;1-6H. The van der Waals surface area contributed by atoms with Gasteiger partial charge in [-0.05, 0) is 132 Å². The predicted molar refractivity (Wildman–Crippen MR) is 304 cm³/mol. The van der Waals surface area contributed by atoms with Crippen LogP contribution < -0.4 is 19.6 Å². The van der Waals surface area contributed by atoms with E-state index < -0.39 is 0 Å². The molecule has 0 N–H and O–H groups in total. The number of para-hydroxylation sites is 7. The van der Waals surface area contributed by atoms with Crippen LogP contribution in [-0.4, -0.2) is 12.0 Å². The van der Waals surface area contributed by atoms with Crippen molar-refractivity contribution in [3.05, 3.63) is 321 Å². The van der Waals surface area contributed by atoms with Crippen LogP contribution in [0.5, 0.6) is 0 Å². The Balaban J connectivity index is 0.000000927. The van der Waals surface area contributed by atoms with E-state index in [2.05, 4.69) is 281 Å². The fourth-order valence-corrected chi connectivity index (χ4v) is 9.05. The van der Waals surface area contributed by atoms with Gasteiger partial charge >= 0.3 is 0 Å². The second-order valence-corrected chi connectivity index (χ2v) is 17.3. The van der Waals surface area contributed by atoms with Gasteiger partial charge in [-0.15, -0.1) is 0 Å². The predicted octanol–water partition coefficient (Wildman–Crippen LogP) is 17.9. The first-order valence-electron chi connectivity index (χ1n) is 24.4. The lowest BCUT2D eigenvalue weighted by atomic mass is 9.99. The maximum atomic E-state index is 5.02. The molecule has 9 aromatic carbocycles. The average molecular weight is 930 g/mol. The summed E-state index contributed by atoms with van der Waals surface area (Å²) in [5, 5.41) is 0. The molecule has 10 aromatic rings. The van der Waals surface area contributed by atoms with E-state index in [1.54, 1.807) is 0 Å². The fourth-order valence-electron chi connectivity index (χ4n) is 9.05. The molecule has 0 spiro atoms. The smallest absolute Gasteiger partial charge is 0.0488 e. The van der Waals surface area contributed by atoms with Crippen LogP contribution in [0, 0.1) is 0 Å². The van der Waals surface area contributed by atoms with E-state index in [1.165, 1.54) is 5.70 Å². The maximum absolute atomic E-state index is 5.02. The van der Waals surface area contributed by atoms with Crippen LogP contribution in [0.25, 0.3) is 16.7 Å². The molecule has 0 bridgehead atoms. The first kappa shape index (κ1) is 46.3. The minimum Gasteiger partial charge on any atom is -0.348 e. The average Bonchev–Trinajstić information content (AvgIpc) is 3.69. The van der Waals surface area contributed by atoms with Gasteiger partial charge in [0.25, 0.3) is 0 Å². The molecular weight excluding hydrogens is 875 g/mol. The zero-order valence-electron chi connectivity index (χ0n) is 40.3. The Morgan fingerprint density at radius 3 is 1.03 bits per heavy atom. The Kier molecular flexibility index (Phi) is 14.6. The van der Waals surface area contributed by atoms with Crippen LogP contribution in [0.2, 0.25) is 0 Å². The Morgan fingerprint density at radius 2 is 0.639 bits per heavy atom. The molecule has 0 saturated carbocycles. The summed E-state index contributed by atoms with van der Waals surface area (Å²) in [4.78, 5) is 14.3. The van der Waals surface area contributed by atoms with Crippen molar-refractivity contribution in [3.63, 3.8) is 0 Å². The molecule has 72 heavy (non-hydrogen) atoms. The van der Waals surface area contributed by atoms with Crippen LogP contribution >= 0.6 is 0 Å². The lowest BCUT2D eigenvalue weighted by molar-refractivity contribution is 1.02. The molecule has 5 nitrogen and oxygen atoms in total. The summed E-state index contributed by atoms with van der Waals surface area (Å²) < 4.78 is 0. The zero-order valence-corrected chi connectivity index (χ0v) is 40.3. The number of rotatable bonds is 13. The van der Waals surface area contributed by atoms with Crippen LogP contribution in [0.1, 0.15) is 12.0 Å². The summed E-state index contributed by atoms with van der Waals surface area (Å²) in [7, 11) is 2.15. The van der Waals surface area contributed by atoms with Crippen molar-refractivity contribution in [3.8, 4) is 11.1 Å². The first-order chi connectivity index (χ1) is 35.7. The summed E-state index contributed by atoms with van der Waals surface area (Å²) in [5.41, 5.74) is 16.0. The number of nitrogens with zero attached hydrogens (tertiary/aromatic N) is 5. The van der Waals surface area contributed by atoms with Gasteiger partial charge in [-0.3, -0.25) is 4.98 Å².